The van der Waals surface area contributed by atoms with Crippen LogP contribution in [0, 0.1) is 24.0 Å². The van der Waals surface area contributed by atoms with Crippen LogP contribution < -0.4 is 21.6 Å². The summed E-state index contributed by atoms with van der Waals surface area (Å²) in [5.41, 5.74) is 7.62. The van der Waals surface area contributed by atoms with Crippen molar-refractivity contribution in [3.8, 4) is 29.6 Å². The van der Waals surface area contributed by atoms with E-state index >= 15 is 8.78 Å². The van der Waals surface area contributed by atoms with Crippen molar-refractivity contribution in [3.63, 3.8) is 0 Å². The molecule has 3 N–H and O–H groups in total. The highest BCUT2D eigenvalue weighted by molar-refractivity contribution is 6.04. The number of terminal acetylenes is 1. The number of halogens is 2. The van der Waals surface area contributed by atoms with Crippen molar-refractivity contribution in [2.24, 2.45) is 0 Å². The molecule has 0 radical (unpaired) electrons. The zero-order valence-electron chi connectivity index (χ0n) is 33.6. The molecular formula is C45H53F2N7O4. The first-order valence-corrected chi connectivity index (χ1v) is 21.1. The SMILES string of the molecule is C#Cc1c(F)ccc2cc(N)cc(-c3nc4c5c(nc(OCC67CCCN6CCC7)nc5c3F)NC(CN(CCC)Cc3oc(=O)oc3CCCCCC)CCC4)c12. The van der Waals surface area contributed by atoms with Gasteiger partial charge >= 0.3 is 11.8 Å². The average molecular weight is 794 g/mol. The van der Waals surface area contributed by atoms with Gasteiger partial charge in [-0.25, -0.2) is 18.6 Å². The molecule has 306 valence electrons. The minimum Gasteiger partial charge on any atom is -0.461 e. The molecule has 5 aromatic rings. The Kier molecular flexibility index (Phi) is 11.7. The third-order valence-electron chi connectivity index (χ3n) is 12.3. The summed E-state index contributed by atoms with van der Waals surface area (Å²) >= 11 is 0. The van der Waals surface area contributed by atoms with Gasteiger partial charge in [-0.05, 0) is 101 Å². The quantitative estimate of drug-likeness (QED) is 0.0601. The molecule has 0 amide bonds. The summed E-state index contributed by atoms with van der Waals surface area (Å²) in [6.45, 7) is 8.56. The van der Waals surface area contributed by atoms with E-state index in [0.29, 0.717) is 83.0 Å². The molecule has 0 bridgehead atoms. The van der Waals surface area contributed by atoms with Crippen LogP contribution >= 0.6 is 0 Å². The van der Waals surface area contributed by atoms with Crippen LogP contribution in [-0.4, -0.2) is 69.1 Å². The Morgan fingerprint density at radius 2 is 1.84 bits per heavy atom. The van der Waals surface area contributed by atoms with Gasteiger partial charge in [0.05, 0.1) is 28.7 Å². The number of aromatic nitrogens is 3. The van der Waals surface area contributed by atoms with E-state index in [1.165, 1.54) is 6.07 Å². The predicted octanol–water partition coefficient (Wildman–Crippen LogP) is 8.39. The summed E-state index contributed by atoms with van der Waals surface area (Å²) in [5, 5.41) is 5.09. The fraction of sp³-hybridized carbons (Fsp3) is 0.511. The Bertz CT molecular complexity index is 2400. The summed E-state index contributed by atoms with van der Waals surface area (Å²) < 4.78 is 50.1. The van der Waals surface area contributed by atoms with Crippen LogP contribution in [0.4, 0.5) is 20.3 Å². The molecule has 0 spiro atoms. The lowest BCUT2D eigenvalue weighted by Crippen LogP contribution is -2.43. The van der Waals surface area contributed by atoms with E-state index in [9.17, 15) is 4.79 Å². The van der Waals surface area contributed by atoms with Crippen LogP contribution in [0.5, 0.6) is 6.01 Å². The number of unbranched alkanes of at least 4 members (excludes halogenated alkanes) is 3. The third-order valence-corrected chi connectivity index (χ3v) is 12.3. The van der Waals surface area contributed by atoms with Crippen molar-refractivity contribution in [2.75, 3.05) is 43.8 Å². The van der Waals surface area contributed by atoms with Gasteiger partial charge in [0.15, 0.2) is 17.3 Å². The lowest BCUT2D eigenvalue weighted by molar-refractivity contribution is 0.108. The monoisotopic (exact) mass is 793 g/mol. The van der Waals surface area contributed by atoms with Crippen molar-refractivity contribution in [1.29, 1.82) is 0 Å². The molecule has 8 rings (SSSR count). The Labute approximate surface area is 337 Å². The summed E-state index contributed by atoms with van der Waals surface area (Å²) in [5.74, 6) is 2.14. The Hall–Kier alpha value is -5.06. The van der Waals surface area contributed by atoms with Gasteiger partial charge in [-0.1, -0.05) is 45.1 Å². The number of aryl methyl sites for hydroxylation is 2. The summed E-state index contributed by atoms with van der Waals surface area (Å²) in [4.78, 5) is 31.7. The first-order chi connectivity index (χ1) is 28.2. The molecule has 3 aliphatic heterocycles. The normalized spacial score (nSPS) is 17.7. The highest BCUT2D eigenvalue weighted by atomic mass is 19.1. The molecule has 1 unspecified atom stereocenters. The van der Waals surface area contributed by atoms with Crippen molar-refractivity contribution in [1.82, 2.24) is 24.8 Å². The van der Waals surface area contributed by atoms with E-state index < -0.39 is 17.5 Å². The van der Waals surface area contributed by atoms with E-state index in [-0.39, 0.29) is 34.4 Å². The number of fused-ring (bicyclic) bond motifs is 2. The van der Waals surface area contributed by atoms with Crippen LogP contribution in [0.3, 0.4) is 0 Å². The van der Waals surface area contributed by atoms with Crippen LogP contribution in [0.25, 0.3) is 32.9 Å². The van der Waals surface area contributed by atoms with Gasteiger partial charge in [0, 0.05) is 35.6 Å². The number of pyridine rings is 1. The van der Waals surface area contributed by atoms with Crippen molar-refractivity contribution in [3.05, 3.63) is 69.3 Å². The molecule has 11 nitrogen and oxygen atoms in total. The second-order valence-corrected chi connectivity index (χ2v) is 16.3. The second kappa shape index (κ2) is 17.0. The molecule has 13 heteroatoms. The molecule has 6 heterocycles. The highest BCUT2D eigenvalue weighted by Gasteiger charge is 2.45. The minimum absolute atomic E-state index is 0.00722. The molecule has 0 aliphatic carbocycles. The molecule has 2 aromatic carbocycles. The highest BCUT2D eigenvalue weighted by Crippen LogP contribution is 2.42. The van der Waals surface area contributed by atoms with Crippen LogP contribution in [0.15, 0.2) is 37.9 Å². The lowest BCUT2D eigenvalue weighted by atomic mass is 9.94. The van der Waals surface area contributed by atoms with E-state index in [1.54, 1.807) is 18.2 Å². The molecule has 2 saturated heterocycles. The third kappa shape index (κ3) is 7.88. The number of nitrogens with zero attached hydrogens (tertiary/aromatic N) is 5. The number of rotatable bonds is 15. The van der Waals surface area contributed by atoms with Gasteiger partial charge in [-0.2, -0.15) is 9.97 Å². The van der Waals surface area contributed by atoms with Crippen molar-refractivity contribution >= 4 is 33.2 Å². The Morgan fingerprint density at radius 1 is 1.03 bits per heavy atom. The second-order valence-electron chi connectivity index (χ2n) is 16.3. The number of anilines is 2. The first-order valence-electron chi connectivity index (χ1n) is 21.1. The molecule has 3 aliphatic rings. The van der Waals surface area contributed by atoms with Crippen molar-refractivity contribution in [2.45, 2.75) is 115 Å². The average Bonchev–Trinajstić information content (AvgIpc) is 3.89. The first kappa shape index (κ1) is 39.8. The number of nitrogens with two attached hydrogens (primary N) is 1. The summed E-state index contributed by atoms with van der Waals surface area (Å²) in [6, 6.07) is 6.15. The topological polar surface area (TPSA) is 136 Å². The van der Waals surface area contributed by atoms with E-state index in [4.69, 9.17) is 40.7 Å². The number of nitrogen functional groups attached to an aromatic ring is 1. The smallest absolute Gasteiger partial charge is 0.461 e. The Balaban J connectivity index is 1.18. The van der Waals surface area contributed by atoms with Gasteiger partial charge in [-0.15, -0.1) is 6.42 Å². The zero-order valence-corrected chi connectivity index (χ0v) is 33.6. The van der Waals surface area contributed by atoms with E-state index in [2.05, 4.69) is 34.9 Å². The maximum absolute atomic E-state index is 17.4. The number of ether oxygens (including phenoxy) is 1. The molecule has 58 heavy (non-hydrogen) atoms. The van der Waals surface area contributed by atoms with Gasteiger partial charge in [0.25, 0.3) is 0 Å². The van der Waals surface area contributed by atoms with Crippen molar-refractivity contribution < 1.29 is 22.4 Å². The van der Waals surface area contributed by atoms with Gasteiger partial charge in [0.2, 0.25) is 0 Å². The number of nitrogens with one attached hydrogen (secondary N) is 1. The minimum atomic E-state index is -0.694. The molecule has 3 aromatic heterocycles. The molecule has 1 atom stereocenters. The summed E-state index contributed by atoms with van der Waals surface area (Å²) in [7, 11) is 0. The molecule has 2 fully saturated rings. The standard InChI is InChI=1S/C45H53F2N7O4/c1-4-7-8-9-15-35-36(58-44(55)57-35)26-53(20-5-2)25-30-13-10-14-34-38-41(51-43(52-42(38)49-30)56-27-45-18-11-21-54(45)22-12-19-45)39(47)40(50-34)32-24-29(48)23-28-16-17-33(46)31(6-3)37(28)32/h3,16-17,23-24,30H,4-5,7-15,18-22,25-27,48H2,1-2H3,(H,49,51,52). The number of benzene rings is 2. The van der Waals surface area contributed by atoms with Gasteiger partial charge in [0.1, 0.15) is 29.5 Å². The van der Waals surface area contributed by atoms with Gasteiger partial charge < -0.3 is 24.6 Å². The molecule has 0 saturated carbocycles. The fourth-order valence-corrected chi connectivity index (χ4v) is 9.55. The zero-order chi connectivity index (χ0) is 40.4. The maximum atomic E-state index is 17.4. The predicted molar refractivity (Wildman–Crippen MR) is 222 cm³/mol. The largest absolute Gasteiger partial charge is 0.519 e. The summed E-state index contributed by atoms with van der Waals surface area (Å²) in [6.07, 6.45) is 17.9. The van der Waals surface area contributed by atoms with Crippen LogP contribution in [0.2, 0.25) is 0 Å². The van der Waals surface area contributed by atoms with E-state index in [0.717, 1.165) is 90.3 Å². The molecular weight excluding hydrogens is 741 g/mol. The van der Waals surface area contributed by atoms with Crippen LogP contribution in [-0.2, 0) is 19.4 Å². The van der Waals surface area contributed by atoms with Crippen LogP contribution in [0.1, 0.15) is 107 Å². The van der Waals surface area contributed by atoms with Gasteiger partial charge in [-0.3, -0.25) is 9.80 Å². The fourth-order valence-electron chi connectivity index (χ4n) is 9.55. The van der Waals surface area contributed by atoms with E-state index in [1.807, 2.05) is 0 Å². The number of hydrogen-bond acceptors (Lipinski definition) is 11. The maximum Gasteiger partial charge on any atom is 0.519 e. The lowest BCUT2D eigenvalue weighted by Gasteiger charge is -2.32. The number of hydrogen-bond donors (Lipinski definition) is 2. The Morgan fingerprint density at radius 3 is 2.62 bits per heavy atom.